The SMILES string of the molecule is CC(C)(C)c1cncc(C(=O)O)c1. The van der Waals surface area contributed by atoms with Gasteiger partial charge in [0.2, 0.25) is 0 Å². The van der Waals surface area contributed by atoms with Crippen molar-refractivity contribution in [2.24, 2.45) is 0 Å². The van der Waals surface area contributed by atoms with E-state index < -0.39 is 5.97 Å². The molecule has 0 saturated heterocycles. The maximum atomic E-state index is 10.6. The molecule has 0 aliphatic rings. The summed E-state index contributed by atoms with van der Waals surface area (Å²) < 4.78 is 0. The highest BCUT2D eigenvalue weighted by Gasteiger charge is 2.15. The van der Waals surface area contributed by atoms with E-state index in [1.165, 1.54) is 6.20 Å². The highest BCUT2D eigenvalue weighted by Crippen LogP contribution is 2.21. The van der Waals surface area contributed by atoms with Crippen molar-refractivity contribution in [1.82, 2.24) is 4.98 Å². The Bertz CT molecular complexity index is 326. The molecule has 0 fully saturated rings. The fourth-order valence-corrected chi connectivity index (χ4v) is 0.967. The smallest absolute Gasteiger partial charge is 0.337 e. The molecule has 1 heterocycles. The van der Waals surface area contributed by atoms with E-state index in [0.29, 0.717) is 0 Å². The summed E-state index contributed by atoms with van der Waals surface area (Å²) in [7, 11) is 0. The molecule has 0 unspecified atom stereocenters. The number of aromatic carboxylic acids is 1. The molecule has 0 radical (unpaired) electrons. The van der Waals surface area contributed by atoms with E-state index >= 15 is 0 Å². The molecule has 0 aliphatic carbocycles. The Morgan fingerprint density at radius 2 is 2.00 bits per heavy atom. The summed E-state index contributed by atoms with van der Waals surface area (Å²) in [5, 5.41) is 8.73. The van der Waals surface area contributed by atoms with Gasteiger partial charge in [-0.25, -0.2) is 4.79 Å². The van der Waals surface area contributed by atoms with Crippen LogP contribution in [0.5, 0.6) is 0 Å². The average molecular weight is 179 g/mol. The van der Waals surface area contributed by atoms with Crippen molar-refractivity contribution in [3.05, 3.63) is 29.6 Å². The maximum absolute atomic E-state index is 10.6. The second kappa shape index (κ2) is 3.17. The van der Waals surface area contributed by atoms with Gasteiger partial charge < -0.3 is 5.11 Å². The molecule has 0 aromatic carbocycles. The van der Waals surface area contributed by atoms with Gasteiger partial charge in [-0.2, -0.15) is 0 Å². The molecule has 3 heteroatoms. The Morgan fingerprint density at radius 3 is 2.46 bits per heavy atom. The second-order valence-electron chi connectivity index (χ2n) is 4.02. The number of hydrogen-bond acceptors (Lipinski definition) is 2. The minimum Gasteiger partial charge on any atom is -0.478 e. The van der Waals surface area contributed by atoms with E-state index in [9.17, 15) is 4.79 Å². The Balaban J connectivity index is 3.13. The number of carboxylic acids is 1. The van der Waals surface area contributed by atoms with Gasteiger partial charge in [0.15, 0.2) is 0 Å². The van der Waals surface area contributed by atoms with Gasteiger partial charge in [-0.05, 0) is 17.0 Å². The molecule has 0 bridgehead atoms. The lowest BCUT2D eigenvalue weighted by Crippen LogP contribution is -2.12. The first kappa shape index (κ1) is 9.71. The highest BCUT2D eigenvalue weighted by molar-refractivity contribution is 5.87. The number of carboxylic acid groups (broad SMARTS) is 1. The molecule has 70 valence electrons. The summed E-state index contributed by atoms with van der Waals surface area (Å²) in [5.74, 6) is -0.932. The maximum Gasteiger partial charge on any atom is 0.337 e. The van der Waals surface area contributed by atoms with Crippen LogP contribution < -0.4 is 0 Å². The Kier molecular flexibility index (Phi) is 2.36. The molecule has 1 aromatic heterocycles. The van der Waals surface area contributed by atoms with Crippen LogP contribution in [-0.2, 0) is 5.41 Å². The summed E-state index contributed by atoms with van der Waals surface area (Å²) in [6, 6.07) is 1.66. The predicted molar refractivity (Wildman–Crippen MR) is 49.9 cm³/mol. The fourth-order valence-electron chi connectivity index (χ4n) is 0.967. The summed E-state index contributed by atoms with van der Waals surface area (Å²) in [6.45, 7) is 6.07. The summed E-state index contributed by atoms with van der Waals surface area (Å²) in [6.07, 6.45) is 3.06. The van der Waals surface area contributed by atoms with Crippen LogP contribution in [0.2, 0.25) is 0 Å². The number of nitrogens with zero attached hydrogens (tertiary/aromatic N) is 1. The Morgan fingerprint density at radius 1 is 1.38 bits per heavy atom. The van der Waals surface area contributed by atoms with Gasteiger partial charge in [-0.1, -0.05) is 20.8 Å². The van der Waals surface area contributed by atoms with Crippen LogP contribution in [0, 0.1) is 0 Å². The fraction of sp³-hybridized carbons (Fsp3) is 0.400. The van der Waals surface area contributed by atoms with Crippen LogP contribution in [0.15, 0.2) is 18.5 Å². The van der Waals surface area contributed by atoms with Gasteiger partial charge in [0.05, 0.1) is 5.56 Å². The molecule has 13 heavy (non-hydrogen) atoms. The number of hydrogen-bond donors (Lipinski definition) is 1. The molecule has 3 nitrogen and oxygen atoms in total. The van der Waals surface area contributed by atoms with E-state index in [2.05, 4.69) is 4.98 Å². The minimum atomic E-state index is -0.932. The number of pyridine rings is 1. The average Bonchev–Trinajstić information content (AvgIpc) is 2.03. The largest absolute Gasteiger partial charge is 0.478 e. The van der Waals surface area contributed by atoms with Crippen molar-refractivity contribution in [3.63, 3.8) is 0 Å². The van der Waals surface area contributed by atoms with E-state index in [1.807, 2.05) is 20.8 Å². The third-order valence-corrected chi connectivity index (χ3v) is 1.85. The van der Waals surface area contributed by atoms with Gasteiger partial charge >= 0.3 is 5.97 Å². The normalized spacial score (nSPS) is 11.3. The number of aromatic nitrogens is 1. The van der Waals surface area contributed by atoms with Crippen LogP contribution in [0.4, 0.5) is 0 Å². The van der Waals surface area contributed by atoms with Crippen molar-refractivity contribution < 1.29 is 9.90 Å². The molecular formula is C10H13NO2. The molecule has 0 spiro atoms. The lowest BCUT2D eigenvalue weighted by atomic mass is 9.88. The van der Waals surface area contributed by atoms with Crippen LogP contribution in [0.1, 0.15) is 36.7 Å². The number of rotatable bonds is 1. The zero-order valence-corrected chi connectivity index (χ0v) is 8.03. The molecule has 0 saturated carbocycles. The molecule has 0 amide bonds. The van der Waals surface area contributed by atoms with Crippen LogP contribution in [0.25, 0.3) is 0 Å². The first-order valence-electron chi connectivity index (χ1n) is 4.10. The summed E-state index contributed by atoms with van der Waals surface area (Å²) in [5.41, 5.74) is 1.12. The van der Waals surface area contributed by atoms with Crippen LogP contribution in [-0.4, -0.2) is 16.1 Å². The summed E-state index contributed by atoms with van der Waals surface area (Å²) >= 11 is 0. The van der Waals surface area contributed by atoms with Crippen molar-refractivity contribution in [1.29, 1.82) is 0 Å². The van der Waals surface area contributed by atoms with Crippen molar-refractivity contribution >= 4 is 5.97 Å². The van der Waals surface area contributed by atoms with Crippen molar-refractivity contribution in [2.45, 2.75) is 26.2 Å². The van der Waals surface area contributed by atoms with Crippen molar-refractivity contribution in [2.75, 3.05) is 0 Å². The van der Waals surface area contributed by atoms with Crippen LogP contribution >= 0.6 is 0 Å². The first-order valence-corrected chi connectivity index (χ1v) is 4.10. The monoisotopic (exact) mass is 179 g/mol. The molecule has 0 atom stereocenters. The third-order valence-electron chi connectivity index (χ3n) is 1.85. The molecular weight excluding hydrogens is 166 g/mol. The zero-order valence-electron chi connectivity index (χ0n) is 8.03. The second-order valence-corrected chi connectivity index (χ2v) is 4.02. The third kappa shape index (κ3) is 2.28. The molecule has 0 aliphatic heterocycles. The van der Waals surface area contributed by atoms with Gasteiger partial charge in [-0.15, -0.1) is 0 Å². The lowest BCUT2D eigenvalue weighted by molar-refractivity contribution is 0.0696. The van der Waals surface area contributed by atoms with Crippen molar-refractivity contribution in [3.8, 4) is 0 Å². The highest BCUT2D eigenvalue weighted by atomic mass is 16.4. The number of carbonyl (C=O) groups is 1. The van der Waals surface area contributed by atoms with E-state index in [4.69, 9.17) is 5.11 Å². The van der Waals surface area contributed by atoms with Gasteiger partial charge in [0, 0.05) is 12.4 Å². The van der Waals surface area contributed by atoms with Gasteiger partial charge in [0.1, 0.15) is 0 Å². The predicted octanol–water partition coefficient (Wildman–Crippen LogP) is 2.08. The summed E-state index contributed by atoms with van der Waals surface area (Å²) in [4.78, 5) is 14.5. The lowest BCUT2D eigenvalue weighted by Gasteiger charge is -2.18. The Labute approximate surface area is 77.4 Å². The van der Waals surface area contributed by atoms with Crippen LogP contribution in [0.3, 0.4) is 0 Å². The topological polar surface area (TPSA) is 50.2 Å². The van der Waals surface area contributed by atoms with E-state index in [-0.39, 0.29) is 11.0 Å². The molecule has 1 aromatic rings. The Hall–Kier alpha value is -1.38. The quantitative estimate of drug-likeness (QED) is 0.718. The zero-order chi connectivity index (χ0) is 10.1. The van der Waals surface area contributed by atoms with E-state index in [1.54, 1.807) is 12.3 Å². The first-order chi connectivity index (χ1) is 5.91. The van der Waals surface area contributed by atoms with Gasteiger partial charge in [0.25, 0.3) is 0 Å². The minimum absolute atomic E-state index is 0.0571. The van der Waals surface area contributed by atoms with Gasteiger partial charge in [-0.3, -0.25) is 4.98 Å². The molecule has 1 rings (SSSR count). The standard InChI is InChI=1S/C10H13NO2/c1-10(2,3)8-4-7(9(12)13)5-11-6-8/h4-6H,1-3H3,(H,12,13). The van der Waals surface area contributed by atoms with E-state index in [0.717, 1.165) is 5.56 Å². The molecule has 1 N–H and O–H groups in total.